The molecule has 3 rings (SSSR count). The number of benzene rings is 1. The summed E-state index contributed by atoms with van der Waals surface area (Å²) in [4.78, 5) is 28.3. The molecule has 1 heterocycles. The molecule has 32 heavy (non-hydrogen) atoms. The smallest absolute Gasteiger partial charge is 0.343 e. The van der Waals surface area contributed by atoms with Gasteiger partial charge in [0, 0.05) is 31.9 Å². The highest BCUT2D eigenvalue weighted by molar-refractivity contribution is 6.24. The van der Waals surface area contributed by atoms with E-state index < -0.39 is 46.0 Å². The van der Waals surface area contributed by atoms with Gasteiger partial charge in [-0.3, -0.25) is 4.79 Å². The Bertz CT molecular complexity index is 903. The number of ether oxygens (including phenoxy) is 2. The first-order valence-corrected chi connectivity index (χ1v) is 10.6. The summed E-state index contributed by atoms with van der Waals surface area (Å²) in [5, 5.41) is 2.86. The van der Waals surface area contributed by atoms with E-state index in [1.807, 2.05) is 19.0 Å². The van der Waals surface area contributed by atoms with Crippen molar-refractivity contribution < 1.29 is 32.2 Å². The van der Waals surface area contributed by atoms with E-state index in [9.17, 15) is 22.8 Å². The fourth-order valence-electron chi connectivity index (χ4n) is 3.50. The fraction of sp³-hybridized carbons (Fsp3) is 0.545. The topological polar surface area (TPSA) is 71.1 Å². The van der Waals surface area contributed by atoms with Crippen LogP contribution in [0.15, 0.2) is 17.8 Å². The molecule has 1 aliphatic heterocycles. The summed E-state index contributed by atoms with van der Waals surface area (Å²) in [6.45, 7) is 2.63. The molecular weight excluding hydrogens is 427 g/mol. The first-order chi connectivity index (χ1) is 15.2. The molecule has 1 aliphatic carbocycles. The molecule has 176 valence electrons. The van der Waals surface area contributed by atoms with E-state index in [-0.39, 0.29) is 38.4 Å². The Balaban J connectivity index is 1.90. The molecule has 2 fully saturated rings. The Morgan fingerprint density at radius 3 is 2.62 bits per heavy atom. The van der Waals surface area contributed by atoms with Crippen molar-refractivity contribution in [2.45, 2.75) is 31.9 Å². The average Bonchev–Trinajstić information content (AvgIpc) is 3.55. The number of halogens is 3. The number of likely N-dealkylation sites (N-methyl/N-ethyl adjacent to an activating group) is 1. The van der Waals surface area contributed by atoms with Gasteiger partial charge in [0.25, 0.3) is 0 Å². The minimum absolute atomic E-state index is 0.0117. The minimum Gasteiger partial charge on any atom is -0.462 e. The van der Waals surface area contributed by atoms with Crippen molar-refractivity contribution in [1.29, 1.82) is 0 Å². The Morgan fingerprint density at radius 1 is 1.28 bits per heavy atom. The third-order valence-corrected chi connectivity index (χ3v) is 5.18. The number of nitrogens with zero attached hydrogens (tertiary/aromatic N) is 2. The molecule has 0 aromatic heterocycles. The second kappa shape index (κ2) is 10.4. The monoisotopic (exact) mass is 455 g/mol. The lowest BCUT2D eigenvalue weighted by atomic mass is 10.0. The molecule has 1 saturated carbocycles. The number of ketones is 1. The lowest BCUT2D eigenvalue weighted by Gasteiger charge is -2.36. The summed E-state index contributed by atoms with van der Waals surface area (Å²) in [5.74, 6) is -6.21. The van der Waals surface area contributed by atoms with Crippen LogP contribution in [0.4, 0.5) is 18.9 Å². The summed E-state index contributed by atoms with van der Waals surface area (Å²) >= 11 is 0. The summed E-state index contributed by atoms with van der Waals surface area (Å²) in [6.07, 6.45) is 2.55. The van der Waals surface area contributed by atoms with E-state index >= 15 is 0 Å². The molecule has 2 aliphatic rings. The van der Waals surface area contributed by atoms with Gasteiger partial charge in [-0.1, -0.05) is 0 Å². The largest absolute Gasteiger partial charge is 0.462 e. The van der Waals surface area contributed by atoms with Gasteiger partial charge in [-0.05, 0) is 39.9 Å². The fourth-order valence-corrected chi connectivity index (χ4v) is 3.50. The van der Waals surface area contributed by atoms with Gasteiger partial charge >= 0.3 is 5.97 Å². The molecular formula is C22H28F3N3O4. The number of carbonyl (C=O) groups is 2. The maximum absolute atomic E-state index is 15.0. The lowest BCUT2D eigenvalue weighted by Crippen LogP contribution is -2.47. The number of carbonyl (C=O) groups excluding carboxylic acids is 2. The number of anilines is 1. The van der Waals surface area contributed by atoms with Crippen LogP contribution in [0.5, 0.6) is 0 Å². The Hall–Kier alpha value is -2.59. The van der Waals surface area contributed by atoms with Gasteiger partial charge < -0.3 is 24.6 Å². The molecule has 0 bridgehead atoms. The molecule has 1 N–H and O–H groups in total. The van der Waals surface area contributed by atoms with E-state index in [1.54, 1.807) is 6.92 Å². The maximum atomic E-state index is 15.0. The molecule has 10 heteroatoms. The third-order valence-electron chi connectivity index (χ3n) is 5.18. The van der Waals surface area contributed by atoms with Gasteiger partial charge in [0.1, 0.15) is 17.1 Å². The summed E-state index contributed by atoms with van der Waals surface area (Å²) < 4.78 is 55.3. The molecule has 0 radical (unpaired) electrons. The second-order valence-electron chi connectivity index (χ2n) is 8.13. The van der Waals surface area contributed by atoms with Crippen molar-refractivity contribution in [3.63, 3.8) is 0 Å². The van der Waals surface area contributed by atoms with E-state index in [0.717, 1.165) is 19.0 Å². The van der Waals surface area contributed by atoms with E-state index in [4.69, 9.17) is 9.47 Å². The van der Waals surface area contributed by atoms with E-state index in [2.05, 4.69) is 5.32 Å². The van der Waals surface area contributed by atoms with Crippen molar-refractivity contribution in [3.8, 4) is 0 Å². The number of Topliss-reactive ketones (excluding diaryl/α,β-unsaturated/α-hetero) is 1. The van der Waals surface area contributed by atoms with Crippen LogP contribution in [0, 0.1) is 17.5 Å². The third kappa shape index (κ3) is 5.60. The van der Waals surface area contributed by atoms with Gasteiger partial charge in [0.15, 0.2) is 11.6 Å². The maximum Gasteiger partial charge on any atom is 0.343 e. The highest BCUT2D eigenvalue weighted by atomic mass is 19.2. The molecule has 1 unspecified atom stereocenters. The van der Waals surface area contributed by atoms with Gasteiger partial charge in [-0.2, -0.15) is 0 Å². The Labute approximate surface area is 185 Å². The zero-order valence-electron chi connectivity index (χ0n) is 18.4. The summed E-state index contributed by atoms with van der Waals surface area (Å²) in [7, 11) is 3.69. The average molecular weight is 455 g/mol. The number of rotatable bonds is 9. The number of hydrogen-bond acceptors (Lipinski definition) is 7. The predicted octanol–water partition coefficient (Wildman–Crippen LogP) is 2.25. The van der Waals surface area contributed by atoms with Crippen molar-refractivity contribution in [3.05, 3.63) is 40.9 Å². The van der Waals surface area contributed by atoms with Crippen molar-refractivity contribution in [2.75, 3.05) is 51.8 Å². The number of nitrogens with one attached hydrogen (secondary N) is 1. The quantitative estimate of drug-likeness (QED) is 0.153. The molecule has 1 atom stereocenters. The van der Waals surface area contributed by atoms with E-state index in [0.29, 0.717) is 12.6 Å². The van der Waals surface area contributed by atoms with Gasteiger partial charge in [0.05, 0.1) is 24.9 Å². The van der Waals surface area contributed by atoms with E-state index in [1.165, 1.54) is 4.90 Å². The molecule has 1 saturated heterocycles. The van der Waals surface area contributed by atoms with Crippen LogP contribution in [0.25, 0.3) is 0 Å². The second-order valence-corrected chi connectivity index (χ2v) is 8.13. The van der Waals surface area contributed by atoms with Crippen molar-refractivity contribution in [1.82, 2.24) is 10.2 Å². The highest BCUT2D eigenvalue weighted by Gasteiger charge is 2.32. The van der Waals surface area contributed by atoms with Crippen LogP contribution >= 0.6 is 0 Å². The van der Waals surface area contributed by atoms with Crippen molar-refractivity contribution in [2.24, 2.45) is 0 Å². The van der Waals surface area contributed by atoms with Crippen LogP contribution in [0.1, 0.15) is 30.1 Å². The minimum atomic E-state index is -1.51. The van der Waals surface area contributed by atoms with Crippen molar-refractivity contribution >= 4 is 17.4 Å². The van der Waals surface area contributed by atoms with Crippen LogP contribution < -0.4 is 10.2 Å². The SMILES string of the molecule is CCOC(=O)C(=CNC1CC1)C(=O)c1cc(F)c(N2CCOC(CN(C)C)C2)c(F)c1F. The molecule has 1 aromatic carbocycles. The van der Waals surface area contributed by atoms with Gasteiger partial charge in [0.2, 0.25) is 5.78 Å². The Kier molecular flexibility index (Phi) is 7.78. The first kappa shape index (κ1) is 24.1. The normalized spacial score (nSPS) is 19.3. The molecule has 0 amide bonds. The zero-order valence-corrected chi connectivity index (χ0v) is 18.4. The number of esters is 1. The molecule has 0 spiro atoms. The standard InChI is InChI=1S/C22H28F3N3O4/c1-4-31-22(30)16(10-26-13-5-6-13)21(29)15-9-17(23)20(19(25)18(15)24)28-7-8-32-14(12-28)11-27(2)3/h9-10,13-14,26H,4-8,11-12H2,1-3H3. The number of morpholine rings is 1. The van der Waals surface area contributed by atoms with Crippen LogP contribution in [0.2, 0.25) is 0 Å². The zero-order chi connectivity index (χ0) is 23.4. The predicted molar refractivity (Wildman–Crippen MR) is 112 cm³/mol. The Morgan fingerprint density at radius 2 is 2.00 bits per heavy atom. The summed E-state index contributed by atoms with van der Waals surface area (Å²) in [5.41, 5.74) is -1.93. The van der Waals surface area contributed by atoms with Gasteiger partial charge in [-0.25, -0.2) is 18.0 Å². The highest BCUT2D eigenvalue weighted by Crippen LogP contribution is 2.31. The lowest BCUT2D eigenvalue weighted by molar-refractivity contribution is -0.138. The van der Waals surface area contributed by atoms with Crippen LogP contribution in [0.3, 0.4) is 0 Å². The molecule has 1 aromatic rings. The molecule has 7 nitrogen and oxygen atoms in total. The van der Waals surface area contributed by atoms with Crippen LogP contribution in [-0.4, -0.2) is 75.7 Å². The summed E-state index contributed by atoms with van der Waals surface area (Å²) in [6, 6.07) is 0.737. The van der Waals surface area contributed by atoms with Crippen LogP contribution in [-0.2, 0) is 14.3 Å². The number of hydrogen-bond donors (Lipinski definition) is 1. The first-order valence-electron chi connectivity index (χ1n) is 10.6. The van der Waals surface area contributed by atoms with Gasteiger partial charge in [-0.15, -0.1) is 0 Å².